The molecule has 0 aliphatic heterocycles. The summed E-state index contributed by atoms with van der Waals surface area (Å²) in [5.41, 5.74) is 21.3. The van der Waals surface area contributed by atoms with Gasteiger partial charge in [0.25, 0.3) is 0 Å². The minimum Gasteiger partial charge on any atom is -0.309 e. The SMILES string of the molecule is Cc1cc(C)cc(-c2ccc3c(c2)c2cc(-c4cc(C)cc(C)c4)ccc2n3-c2ccc(-c3cccc4c3c3ccccc3n4-c3ccccc3)cc2-c2nc(-c3ccccc3)nc(-c3ccccc3)n2)c1. The second-order valence-electron chi connectivity index (χ2n) is 19.2. The van der Waals surface area contributed by atoms with Crippen molar-refractivity contribution in [2.45, 2.75) is 27.7 Å². The van der Waals surface area contributed by atoms with Crippen LogP contribution in [0.3, 0.4) is 0 Å². The monoisotopic (exact) mass is 923 g/mol. The van der Waals surface area contributed by atoms with Crippen LogP contribution in [-0.4, -0.2) is 24.1 Å². The first-order chi connectivity index (χ1) is 35.3. The molecule has 0 aliphatic carbocycles. The van der Waals surface area contributed by atoms with Gasteiger partial charge >= 0.3 is 0 Å². The molecule has 0 radical (unpaired) electrons. The number of hydrogen-bond donors (Lipinski definition) is 0. The van der Waals surface area contributed by atoms with E-state index in [1.165, 1.54) is 66.1 Å². The van der Waals surface area contributed by atoms with Crippen molar-refractivity contribution < 1.29 is 0 Å². The van der Waals surface area contributed by atoms with E-state index in [4.69, 9.17) is 15.0 Å². The van der Waals surface area contributed by atoms with Crippen LogP contribution < -0.4 is 0 Å². The number of fused-ring (bicyclic) bond motifs is 6. The molecule has 0 fully saturated rings. The van der Waals surface area contributed by atoms with Crippen molar-refractivity contribution >= 4 is 43.6 Å². The standard InChI is InChI=1S/C67H49N5/c1-42-33-43(2)36-51(35-42)48-27-30-60-56(39-48)57-40-49(52-37-44(3)34-45(4)38-52)28-31-61(57)72(60)62-32-29-50(54-24-16-26-63-64(54)55-23-14-15-25-59(55)71(63)53-21-12-7-13-22-53)41-58(62)67-69-65(46-17-8-5-9-18-46)68-66(70-67)47-19-10-6-11-20-47/h5-41H,1-4H3. The Kier molecular flexibility index (Phi) is 10.3. The Hall–Kier alpha value is -9.19. The highest BCUT2D eigenvalue weighted by Gasteiger charge is 2.23. The largest absolute Gasteiger partial charge is 0.309 e. The molecule has 0 bridgehead atoms. The molecule has 0 atom stereocenters. The fraction of sp³-hybridized carbons (Fsp3) is 0.0597. The summed E-state index contributed by atoms with van der Waals surface area (Å²) in [6, 6.07) is 81.0. The fourth-order valence-corrected chi connectivity index (χ4v) is 11.0. The predicted molar refractivity (Wildman–Crippen MR) is 300 cm³/mol. The highest BCUT2D eigenvalue weighted by Crippen LogP contribution is 2.44. The summed E-state index contributed by atoms with van der Waals surface area (Å²) < 4.78 is 4.81. The Morgan fingerprint density at radius 3 is 1.32 bits per heavy atom. The van der Waals surface area contributed by atoms with E-state index in [-0.39, 0.29) is 0 Å². The van der Waals surface area contributed by atoms with Crippen LogP contribution in [0.15, 0.2) is 224 Å². The average molecular weight is 924 g/mol. The van der Waals surface area contributed by atoms with Crippen LogP contribution in [0.25, 0.3) is 123 Å². The molecular weight excluding hydrogens is 875 g/mol. The molecule has 3 heterocycles. The highest BCUT2D eigenvalue weighted by atomic mass is 15.1. The zero-order valence-corrected chi connectivity index (χ0v) is 40.6. The summed E-state index contributed by atoms with van der Waals surface area (Å²) in [6.45, 7) is 8.71. The molecule has 13 aromatic rings. The van der Waals surface area contributed by atoms with E-state index < -0.39 is 0 Å². The van der Waals surface area contributed by atoms with Crippen molar-refractivity contribution in [1.82, 2.24) is 24.1 Å². The number of aromatic nitrogens is 5. The molecular formula is C67H49N5. The maximum atomic E-state index is 5.42. The van der Waals surface area contributed by atoms with Crippen molar-refractivity contribution in [2.75, 3.05) is 0 Å². The second kappa shape index (κ2) is 17.3. The lowest BCUT2D eigenvalue weighted by Crippen LogP contribution is -2.04. The molecule has 13 rings (SSSR count). The zero-order valence-electron chi connectivity index (χ0n) is 40.6. The lowest BCUT2D eigenvalue weighted by Gasteiger charge is -2.17. The van der Waals surface area contributed by atoms with Crippen LogP contribution in [0.2, 0.25) is 0 Å². The van der Waals surface area contributed by atoms with Gasteiger partial charge in [0.1, 0.15) is 0 Å². The molecule has 3 aromatic heterocycles. The first-order valence-electron chi connectivity index (χ1n) is 24.7. The van der Waals surface area contributed by atoms with Crippen molar-refractivity contribution in [3.8, 4) is 78.9 Å². The first kappa shape index (κ1) is 42.9. The van der Waals surface area contributed by atoms with E-state index in [0.717, 1.165) is 61.3 Å². The lowest BCUT2D eigenvalue weighted by atomic mass is 9.96. The van der Waals surface area contributed by atoms with E-state index in [9.17, 15) is 0 Å². The second-order valence-corrected chi connectivity index (χ2v) is 19.2. The van der Waals surface area contributed by atoms with Crippen LogP contribution in [-0.2, 0) is 0 Å². The number of rotatable bonds is 8. The molecule has 5 nitrogen and oxygen atoms in total. The summed E-state index contributed by atoms with van der Waals surface area (Å²) >= 11 is 0. The van der Waals surface area contributed by atoms with Gasteiger partial charge in [0, 0.05) is 43.9 Å². The molecule has 0 amide bonds. The third-order valence-electron chi connectivity index (χ3n) is 14.1. The third kappa shape index (κ3) is 7.46. The summed E-state index contributed by atoms with van der Waals surface area (Å²) in [5.74, 6) is 1.82. The fourth-order valence-electron chi connectivity index (χ4n) is 11.0. The minimum absolute atomic E-state index is 0.590. The van der Waals surface area contributed by atoms with Crippen LogP contribution >= 0.6 is 0 Å². The summed E-state index contributed by atoms with van der Waals surface area (Å²) in [4.78, 5) is 16.0. The molecule has 342 valence electrons. The Bertz CT molecular complexity index is 4030. The van der Waals surface area contributed by atoms with E-state index in [2.05, 4.69) is 225 Å². The maximum Gasteiger partial charge on any atom is 0.166 e. The van der Waals surface area contributed by atoms with Gasteiger partial charge in [0.15, 0.2) is 17.5 Å². The van der Waals surface area contributed by atoms with Gasteiger partial charge in [0.05, 0.1) is 27.8 Å². The van der Waals surface area contributed by atoms with Crippen molar-refractivity contribution in [3.63, 3.8) is 0 Å². The van der Waals surface area contributed by atoms with Gasteiger partial charge in [-0.05, 0) is 122 Å². The van der Waals surface area contributed by atoms with Gasteiger partial charge in [-0.2, -0.15) is 0 Å². The number of para-hydroxylation sites is 2. The summed E-state index contributed by atoms with van der Waals surface area (Å²) in [5, 5.41) is 4.73. The number of benzene rings is 10. The maximum absolute atomic E-state index is 5.42. The summed E-state index contributed by atoms with van der Waals surface area (Å²) in [7, 11) is 0. The first-order valence-corrected chi connectivity index (χ1v) is 24.7. The normalized spacial score (nSPS) is 11.6. The topological polar surface area (TPSA) is 48.5 Å². The third-order valence-corrected chi connectivity index (χ3v) is 14.1. The van der Waals surface area contributed by atoms with Gasteiger partial charge < -0.3 is 9.13 Å². The van der Waals surface area contributed by atoms with Gasteiger partial charge in [-0.15, -0.1) is 0 Å². The smallest absolute Gasteiger partial charge is 0.166 e. The average Bonchev–Trinajstić information content (AvgIpc) is 3.93. The Balaban J connectivity index is 1.12. The van der Waals surface area contributed by atoms with E-state index in [0.29, 0.717) is 17.5 Å². The lowest BCUT2D eigenvalue weighted by molar-refractivity contribution is 1.06. The predicted octanol–water partition coefficient (Wildman–Crippen LogP) is 17.3. The van der Waals surface area contributed by atoms with Crippen molar-refractivity contribution in [1.29, 1.82) is 0 Å². The van der Waals surface area contributed by atoms with Gasteiger partial charge in [-0.3, -0.25) is 0 Å². The Labute approximate surface area is 419 Å². The number of hydrogen-bond acceptors (Lipinski definition) is 3. The molecule has 0 N–H and O–H groups in total. The van der Waals surface area contributed by atoms with Gasteiger partial charge in [-0.25, -0.2) is 15.0 Å². The number of aryl methyl sites for hydroxylation is 4. The molecule has 0 aliphatic rings. The minimum atomic E-state index is 0.590. The molecule has 10 aromatic carbocycles. The van der Waals surface area contributed by atoms with E-state index >= 15 is 0 Å². The van der Waals surface area contributed by atoms with Gasteiger partial charge in [-0.1, -0.05) is 186 Å². The Morgan fingerprint density at radius 2 is 0.750 bits per heavy atom. The van der Waals surface area contributed by atoms with Gasteiger partial charge in [0.2, 0.25) is 0 Å². The molecule has 5 heteroatoms. The van der Waals surface area contributed by atoms with Crippen molar-refractivity contribution in [3.05, 3.63) is 247 Å². The number of nitrogens with zero attached hydrogens (tertiary/aromatic N) is 5. The summed E-state index contributed by atoms with van der Waals surface area (Å²) in [6.07, 6.45) is 0. The van der Waals surface area contributed by atoms with E-state index in [1.807, 2.05) is 36.4 Å². The van der Waals surface area contributed by atoms with Crippen LogP contribution in [0.1, 0.15) is 22.3 Å². The van der Waals surface area contributed by atoms with Crippen LogP contribution in [0.4, 0.5) is 0 Å². The highest BCUT2D eigenvalue weighted by molar-refractivity contribution is 6.16. The van der Waals surface area contributed by atoms with Crippen molar-refractivity contribution in [2.24, 2.45) is 0 Å². The van der Waals surface area contributed by atoms with E-state index in [1.54, 1.807) is 0 Å². The molecule has 0 spiro atoms. The zero-order chi connectivity index (χ0) is 48.5. The quantitative estimate of drug-likeness (QED) is 0.153. The van der Waals surface area contributed by atoms with Crippen LogP contribution in [0, 0.1) is 27.7 Å². The molecule has 0 saturated heterocycles. The Morgan fingerprint density at radius 1 is 0.278 bits per heavy atom. The van der Waals surface area contributed by atoms with Crippen LogP contribution in [0.5, 0.6) is 0 Å². The molecule has 0 unspecified atom stereocenters. The molecule has 0 saturated carbocycles. The molecule has 72 heavy (non-hydrogen) atoms.